The maximum absolute atomic E-state index is 12.0. The summed E-state index contributed by atoms with van der Waals surface area (Å²) in [6, 6.07) is 32.3. The number of pyridine rings is 1. The molecule has 0 saturated heterocycles. The normalized spacial score (nSPS) is 12.9. The highest BCUT2D eigenvalue weighted by molar-refractivity contribution is 5.69. The van der Waals surface area contributed by atoms with Gasteiger partial charge in [-0.3, -0.25) is 14.7 Å². The van der Waals surface area contributed by atoms with Crippen LogP contribution in [0.25, 0.3) is 11.1 Å². The van der Waals surface area contributed by atoms with E-state index in [1.165, 1.54) is 0 Å². The number of hydrogen-bond acceptors (Lipinski definition) is 3. The molecule has 0 radical (unpaired) electrons. The fourth-order valence-corrected chi connectivity index (χ4v) is 4.29. The lowest BCUT2D eigenvalue weighted by molar-refractivity contribution is -0.138. The SMILES string of the molecule is C[C@H](c1ccccc1)N(Cc1ccccc1)[C@@H](CC(=O)O)c1cccc(-c2cccnc2)c1. The third-order valence-corrected chi connectivity index (χ3v) is 6.02. The first-order valence-corrected chi connectivity index (χ1v) is 11.2. The lowest BCUT2D eigenvalue weighted by Gasteiger charge is -2.37. The summed E-state index contributed by atoms with van der Waals surface area (Å²) in [4.78, 5) is 18.5. The van der Waals surface area contributed by atoms with Gasteiger partial charge in [0.25, 0.3) is 0 Å². The highest BCUT2D eigenvalue weighted by Crippen LogP contribution is 2.36. The maximum atomic E-state index is 12.0. The third-order valence-electron chi connectivity index (χ3n) is 6.02. The van der Waals surface area contributed by atoms with Gasteiger partial charge >= 0.3 is 5.97 Å². The average Bonchev–Trinajstić information content (AvgIpc) is 2.87. The molecule has 4 heteroatoms. The van der Waals surface area contributed by atoms with Gasteiger partial charge in [0.15, 0.2) is 0 Å². The molecule has 0 aliphatic rings. The molecule has 0 spiro atoms. The molecule has 4 nitrogen and oxygen atoms in total. The van der Waals surface area contributed by atoms with Gasteiger partial charge in [0.2, 0.25) is 0 Å². The van der Waals surface area contributed by atoms with Crippen molar-refractivity contribution in [2.24, 2.45) is 0 Å². The number of aromatic nitrogens is 1. The fourth-order valence-electron chi connectivity index (χ4n) is 4.29. The summed E-state index contributed by atoms with van der Waals surface area (Å²) in [5.74, 6) is -0.815. The molecule has 0 unspecified atom stereocenters. The van der Waals surface area contributed by atoms with Gasteiger partial charge in [0.1, 0.15) is 0 Å². The molecule has 0 bridgehead atoms. The Labute approximate surface area is 195 Å². The summed E-state index contributed by atoms with van der Waals surface area (Å²) >= 11 is 0. The van der Waals surface area contributed by atoms with Crippen molar-refractivity contribution in [3.05, 3.63) is 126 Å². The van der Waals surface area contributed by atoms with Crippen molar-refractivity contribution >= 4 is 5.97 Å². The van der Waals surface area contributed by atoms with Crippen LogP contribution in [0.5, 0.6) is 0 Å². The predicted molar refractivity (Wildman–Crippen MR) is 132 cm³/mol. The minimum Gasteiger partial charge on any atom is -0.481 e. The van der Waals surface area contributed by atoms with Crippen LogP contribution in [0.1, 0.15) is 42.1 Å². The van der Waals surface area contributed by atoms with Crippen LogP contribution in [0.2, 0.25) is 0 Å². The van der Waals surface area contributed by atoms with Crippen molar-refractivity contribution in [2.75, 3.05) is 0 Å². The lowest BCUT2D eigenvalue weighted by Crippen LogP contribution is -2.32. The number of carboxylic acid groups (broad SMARTS) is 1. The number of hydrogen-bond donors (Lipinski definition) is 1. The maximum Gasteiger partial charge on any atom is 0.305 e. The Kier molecular flexibility index (Phi) is 7.28. The molecule has 0 aliphatic carbocycles. The van der Waals surface area contributed by atoms with Crippen molar-refractivity contribution in [2.45, 2.75) is 32.0 Å². The zero-order chi connectivity index (χ0) is 23.0. The van der Waals surface area contributed by atoms with Crippen LogP contribution < -0.4 is 0 Å². The minimum absolute atomic E-state index is 0.0144. The molecule has 0 saturated carbocycles. The van der Waals surface area contributed by atoms with E-state index >= 15 is 0 Å². The number of rotatable bonds is 9. The molecule has 4 aromatic rings. The lowest BCUT2D eigenvalue weighted by atomic mass is 9.94. The van der Waals surface area contributed by atoms with E-state index in [9.17, 15) is 9.90 Å². The number of benzene rings is 3. The van der Waals surface area contributed by atoms with E-state index in [1.54, 1.807) is 6.20 Å². The molecule has 0 aliphatic heterocycles. The Bertz CT molecular complexity index is 1160. The van der Waals surface area contributed by atoms with Gasteiger partial charge in [-0.1, -0.05) is 84.9 Å². The Morgan fingerprint density at radius 2 is 1.52 bits per heavy atom. The molecule has 4 rings (SSSR count). The van der Waals surface area contributed by atoms with Crippen molar-refractivity contribution in [3.63, 3.8) is 0 Å². The van der Waals surface area contributed by atoms with Gasteiger partial charge in [0, 0.05) is 31.0 Å². The summed E-state index contributed by atoms with van der Waals surface area (Å²) in [6.07, 6.45) is 3.60. The average molecular weight is 437 g/mol. The standard InChI is InChI=1S/C29H28N2O2/c1-22(24-12-6-3-7-13-24)31(21-23-10-4-2-5-11-23)28(19-29(32)33)26-15-8-14-25(18-26)27-16-9-17-30-20-27/h2-18,20,22,28H,19,21H2,1H3,(H,32,33)/t22-,28+/m1/s1. The van der Waals surface area contributed by atoms with Crippen molar-refractivity contribution in [1.82, 2.24) is 9.88 Å². The van der Waals surface area contributed by atoms with Gasteiger partial charge in [-0.25, -0.2) is 0 Å². The number of nitrogens with zero attached hydrogens (tertiary/aromatic N) is 2. The third kappa shape index (κ3) is 5.73. The van der Waals surface area contributed by atoms with Crippen LogP contribution in [-0.2, 0) is 11.3 Å². The smallest absolute Gasteiger partial charge is 0.305 e. The van der Waals surface area contributed by atoms with Gasteiger partial charge in [0.05, 0.1) is 6.42 Å². The zero-order valence-electron chi connectivity index (χ0n) is 18.7. The Morgan fingerprint density at radius 3 is 2.18 bits per heavy atom. The van der Waals surface area contributed by atoms with Crippen LogP contribution in [0.4, 0.5) is 0 Å². The number of carboxylic acids is 1. The van der Waals surface area contributed by atoms with Crippen LogP contribution in [-0.4, -0.2) is 21.0 Å². The van der Waals surface area contributed by atoms with E-state index in [1.807, 2.05) is 72.9 Å². The van der Waals surface area contributed by atoms with Crippen molar-refractivity contribution in [3.8, 4) is 11.1 Å². The molecule has 166 valence electrons. The van der Waals surface area contributed by atoms with Crippen LogP contribution in [0, 0.1) is 0 Å². The highest BCUT2D eigenvalue weighted by Gasteiger charge is 2.28. The Balaban J connectivity index is 1.77. The first-order chi connectivity index (χ1) is 16.1. The monoisotopic (exact) mass is 436 g/mol. The van der Waals surface area contributed by atoms with E-state index in [0.717, 1.165) is 27.8 Å². The quantitative estimate of drug-likeness (QED) is 0.324. The molecular weight excluding hydrogens is 408 g/mol. The molecule has 2 atom stereocenters. The van der Waals surface area contributed by atoms with Crippen molar-refractivity contribution in [1.29, 1.82) is 0 Å². The van der Waals surface area contributed by atoms with E-state index in [0.29, 0.717) is 6.54 Å². The van der Waals surface area contributed by atoms with E-state index in [4.69, 9.17) is 0 Å². The summed E-state index contributed by atoms with van der Waals surface area (Å²) in [7, 11) is 0. The summed E-state index contributed by atoms with van der Waals surface area (Å²) in [5, 5.41) is 9.86. The highest BCUT2D eigenvalue weighted by atomic mass is 16.4. The van der Waals surface area contributed by atoms with Crippen LogP contribution in [0.3, 0.4) is 0 Å². The molecule has 33 heavy (non-hydrogen) atoms. The molecule has 3 aromatic carbocycles. The second-order valence-electron chi connectivity index (χ2n) is 8.23. The summed E-state index contributed by atoms with van der Waals surface area (Å²) in [5.41, 5.74) is 5.34. The minimum atomic E-state index is -0.815. The summed E-state index contributed by atoms with van der Waals surface area (Å²) in [6.45, 7) is 2.80. The topological polar surface area (TPSA) is 53.4 Å². The first-order valence-electron chi connectivity index (χ1n) is 11.2. The number of aliphatic carboxylic acids is 1. The van der Waals surface area contributed by atoms with E-state index in [-0.39, 0.29) is 18.5 Å². The fraction of sp³-hybridized carbons (Fsp3) is 0.172. The molecule has 0 amide bonds. The largest absolute Gasteiger partial charge is 0.481 e. The molecule has 1 aromatic heterocycles. The molecule has 1 N–H and O–H groups in total. The number of carbonyl (C=O) groups is 1. The van der Waals surface area contributed by atoms with E-state index < -0.39 is 5.97 Å². The van der Waals surface area contributed by atoms with Crippen LogP contribution in [0.15, 0.2) is 109 Å². The Hall–Kier alpha value is -3.76. The van der Waals surface area contributed by atoms with Gasteiger partial charge in [-0.05, 0) is 46.9 Å². The Morgan fingerprint density at radius 1 is 0.848 bits per heavy atom. The second kappa shape index (κ2) is 10.7. The molecule has 1 heterocycles. The van der Waals surface area contributed by atoms with Crippen LogP contribution >= 0.6 is 0 Å². The first kappa shape index (κ1) is 22.4. The van der Waals surface area contributed by atoms with Gasteiger partial charge in [-0.15, -0.1) is 0 Å². The molecule has 0 fully saturated rings. The van der Waals surface area contributed by atoms with Crippen molar-refractivity contribution < 1.29 is 9.90 Å². The van der Waals surface area contributed by atoms with Gasteiger partial charge in [-0.2, -0.15) is 0 Å². The second-order valence-corrected chi connectivity index (χ2v) is 8.23. The zero-order valence-corrected chi connectivity index (χ0v) is 18.7. The van der Waals surface area contributed by atoms with E-state index in [2.05, 4.69) is 47.1 Å². The summed E-state index contributed by atoms with van der Waals surface area (Å²) < 4.78 is 0. The molecular formula is C29H28N2O2. The van der Waals surface area contributed by atoms with Gasteiger partial charge < -0.3 is 5.11 Å². The predicted octanol–water partition coefficient (Wildman–Crippen LogP) is 6.53.